The van der Waals surface area contributed by atoms with E-state index < -0.39 is 0 Å². The Hall–Kier alpha value is -1.59. The van der Waals surface area contributed by atoms with Crippen LogP contribution in [0.2, 0.25) is 0 Å². The van der Waals surface area contributed by atoms with E-state index in [1.54, 1.807) is 0 Å². The van der Waals surface area contributed by atoms with E-state index in [2.05, 4.69) is 10.2 Å². The monoisotopic (exact) mass is 287 g/mol. The van der Waals surface area contributed by atoms with Crippen molar-refractivity contribution in [2.24, 2.45) is 0 Å². The molecule has 0 spiro atoms. The molecular formula is C16H21N3O2. The molecule has 21 heavy (non-hydrogen) atoms. The van der Waals surface area contributed by atoms with Crippen molar-refractivity contribution in [3.63, 3.8) is 0 Å². The molecule has 112 valence electrons. The largest absolute Gasteiger partial charge is 0.492 e. The number of ether oxygens (including phenoxy) is 1. The van der Waals surface area contributed by atoms with E-state index in [1.165, 1.54) is 0 Å². The summed E-state index contributed by atoms with van der Waals surface area (Å²) in [6, 6.07) is 8.58. The second kappa shape index (κ2) is 5.31. The molecule has 1 N–H and O–H groups in total. The van der Waals surface area contributed by atoms with Crippen molar-refractivity contribution in [2.45, 2.75) is 12.0 Å². The van der Waals surface area contributed by atoms with Gasteiger partial charge in [-0.3, -0.25) is 9.69 Å². The van der Waals surface area contributed by atoms with Gasteiger partial charge in [0.2, 0.25) is 5.91 Å². The van der Waals surface area contributed by atoms with Gasteiger partial charge in [-0.2, -0.15) is 0 Å². The number of carbonyl (C=O) groups excluding carboxylic acids is 1. The van der Waals surface area contributed by atoms with Crippen LogP contribution in [0.25, 0.3) is 0 Å². The van der Waals surface area contributed by atoms with Gasteiger partial charge in [-0.1, -0.05) is 18.2 Å². The molecular weight excluding hydrogens is 266 g/mol. The average Bonchev–Trinajstić information content (AvgIpc) is 2.89. The highest BCUT2D eigenvalue weighted by Gasteiger charge is 2.35. The SMILES string of the molecule is O=C(C1COc2ccccc21)N1CCN(C2CNC2)CC1. The van der Waals surface area contributed by atoms with Crippen molar-refractivity contribution in [1.29, 1.82) is 0 Å². The molecule has 1 amide bonds. The van der Waals surface area contributed by atoms with Gasteiger partial charge in [-0.05, 0) is 6.07 Å². The predicted molar refractivity (Wildman–Crippen MR) is 79.5 cm³/mol. The van der Waals surface area contributed by atoms with E-state index in [9.17, 15) is 4.79 Å². The number of para-hydroxylation sites is 1. The maximum Gasteiger partial charge on any atom is 0.233 e. The number of benzene rings is 1. The van der Waals surface area contributed by atoms with Crippen LogP contribution in [0, 0.1) is 0 Å². The van der Waals surface area contributed by atoms with Crippen molar-refractivity contribution in [3.05, 3.63) is 29.8 Å². The van der Waals surface area contributed by atoms with Gasteiger partial charge in [0.15, 0.2) is 0 Å². The van der Waals surface area contributed by atoms with Crippen molar-refractivity contribution in [1.82, 2.24) is 15.1 Å². The van der Waals surface area contributed by atoms with Crippen LogP contribution < -0.4 is 10.1 Å². The molecule has 2 saturated heterocycles. The summed E-state index contributed by atoms with van der Waals surface area (Å²) in [5.41, 5.74) is 1.05. The second-order valence-electron chi connectivity index (χ2n) is 6.07. The van der Waals surface area contributed by atoms with Crippen LogP contribution in [0.15, 0.2) is 24.3 Å². The lowest BCUT2D eigenvalue weighted by atomic mass is 9.99. The Bertz CT molecular complexity index is 536. The Morgan fingerprint density at radius 3 is 2.62 bits per heavy atom. The Balaban J connectivity index is 1.40. The van der Waals surface area contributed by atoms with Gasteiger partial charge in [0.25, 0.3) is 0 Å². The number of carbonyl (C=O) groups is 1. The van der Waals surface area contributed by atoms with E-state index in [1.807, 2.05) is 29.2 Å². The molecule has 1 atom stereocenters. The molecule has 0 aliphatic carbocycles. The van der Waals surface area contributed by atoms with Crippen molar-refractivity contribution in [3.8, 4) is 5.75 Å². The summed E-state index contributed by atoms with van der Waals surface area (Å²) in [5.74, 6) is 0.986. The number of hydrogen-bond acceptors (Lipinski definition) is 4. The summed E-state index contributed by atoms with van der Waals surface area (Å²) in [5, 5.41) is 3.31. The van der Waals surface area contributed by atoms with E-state index in [0.717, 1.165) is 50.6 Å². The van der Waals surface area contributed by atoms with Crippen molar-refractivity contribution >= 4 is 5.91 Å². The zero-order valence-electron chi connectivity index (χ0n) is 12.1. The first-order valence-electron chi connectivity index (χ1n) is 7.78. The van der Waals surface area contributed by atoms with Crippen LogP contribution in [-0.4, -0.2) is 67.6 Å². The Morgan fingerprint density at radius 2 is 1.90 bits per heavy atom. The molecule has 1 aromatic rings. The Kier molecular flexibility index (Phi) is 3.31. The molecule has 2 fully saturated rings. The topological polar surface area (TPSA) is 44.8 Å². The highest BCUT2D eigenvalue weighted by atomic mass is 16.5. The first kappa shape index (κ1) is 13.1. The van der Waals surface area contributed by atoms with Gasteiger partial charge in [0, 0.05) is 50.9 Å². The van der Waals surface area contributed by atoms with Crippen LogP contribution in [0.3, 0.4) is 0 Å². The van der Waals surface area contributed by atoms with Gasteiger partial charge >= 0.3 is 0 Å². The van der Waals surface area contributed by atoms with Crippen LogP contribution in [0.5, 0.6) is 5.75 Å². The quantitative estimate of drug-likeness (QED) is 0.848. The molecule has 0 saturated carbocycles. The minimum Gasteiger partial charge on any atom is -0.492 e. The van der Waals surface area contributed by atoms with Crippen molar-refractivity contribution < 1.29 is 9.53 Å². The lowest BCUT2D eigenvalue weighted by Crippen LogP contribution is -2.62. The fourth-order valence-electron chi connectivity index (χ4n) is 3.43. The van der Waals surface area contributed by atoms with Gasteiger partial charge in [-0.25, -0.2) is 0 Å². The van der Waals surface area contributed by atoms with Gasteiger partial charge in [0.1, 0.15) is 18.3 Å². The average molecular weight is 287 g/mol. The second-order valence-corrected chi connectivity index (χ2v) is 6.07. The number of piperazine rings is 1. The molecule has 0 aromatic heterocycles. The summed E-state index contributed by atoms with van der Waals surface area (Å²) >= 11 is 0. The Labute approximate surface area is 124 Å². The molecule has 3 aliphatic heterocycles. The number of nitrogens with one attached hydrogen (secondary N) is 1. The lowest BCUT2D eigenvalue weighted by molar-refractivity contribution is -0.135. The number of hydrogen-bond donors (Lipinski definition) is 1. The first-order chi connectivity index (χ1) is 10.3. The third-order valence-corrected chi connectivity index (χ3v) is 4.90. The smallest absolute Gasteiger partial charge is 0.233 e. The number of nitrogens with zero attached hydrogens (tertiary/aromatic N) is 2. The summed E-state index contributed by atoms with van der Waals surface area (Å²) in [6.45, 7) is 6.35. The van der Waals surface area contributed by atoms with E-state index >= 15 is 0 Å². The molecule has 5 heteroatoms. The first-order valence-corrected chi connectivity index (χ1v) is 7.78. The summed E-state index contributed by atoms with van der Waals surface area (Å²) in [7, 11) is 0. The molecule has 0 bridgehead atoms. The van der Waals surface area contributed by atoms with Gasteiger partial charge in [0.05, 0.1) is 0 Å². The number of amides is 1. The summed E-state index contributed by atoms with van der Waals surface area (Å²) in [6.07, 6.45) is 0. The van der Waals surface area contributed by atoms with Crippen LogP contribution >= 0.6 is 0 Å². The molecule has 1 unspecified atom stereocenters. The van der Waals surface area contributed by atoms with E-state index in [-0.39, 0.29) is 11.8 Å². The third kappa shape index (κ3) is 2.30. The minimum atomic E-state index is -0.113. The summed E-state index contributed by atoms with van der Waals surface area (Å²) in [4.78, 5) is 17.3. The van der Waals surface area contributed by atoms with Gasteiger partial charge in [-0.15, -0.1) is 0 Å². The van der Waals surface area contributed by atoms with Crippen molar-refractivity contribution in [2.75, 3.05) is 45.9 Å². The molecule has 0 radical (unpaired) electrons. The molecule has 3 aliphatic rings. The summed E-state index contributed by atoms with van der Waals surface area (Å²) < 4.78 is 5.64. The third-order valence-electron chi connectivity index (χ3n) is 4.90. The maximum atomic E-state index is 12.7. The fourth-order valence-corrected chi connectivity index (χ4v) is 3.43. The lowest BCUT2D eigenvalue weighted by Gasteiger charge is -2.43. The van der Waals surface area contributed by atoms with Crippen LogP contribution in [0.1, 0.15) is 11.5 Å². The fraction of sp³-hybridized carbons (Fsp3) is 0.562. The maximum absolute atomic E-state index is 12.7. The van der Waals surface area contributed by atoms with Crippen LogP contribution in [0.4, 0.5) is 0 Å². The highest BCUT2D eigenvalue weighted by molar-refractivity contribution is 5.85. The highest BCUT2D eigenvalue weighted by Crippen LogP contribution is 2.34. The number of rotatable bonds is 2. The minimum absolute atomic E-state index is 0.113. The van der Waals surface area contributed by atoms with E-state index in [0.29, 0.717) is 12.6 Å². The normalized spacial score (nSPS) is 26.1. The predicted octanol–water partition coefficient (Wildman–Crippen LogP) is 0.279. The van der Waals surface area contributed by atoms with Gasteiger partial charge < -0.3 is 15.0 Å². The molecule has 4 rings (SSSR count). The zero-order valence-corrected chi connectivity index (χ0v) is 12.1. The van der Waals surface area contributed by atoms with Crippen LogP contribution in [-0.2, 0) is 4.79 Å². The molecule has 3 heterocycles. The molecule has 5 nitrogen and oxygen atoms in total. The zero-order chi connectivity index (χ0) is 14.2. The van der Waals surface area contributed by atoms with E-state index in [4.69, 9.17) is 4.74 Å². The molecule has 1 aromatic carbocycles. The number of fused-ring (bicyclic) bond motifs is 1. The Morgan fingerprint density at radius 1 is 1.14 bits per heavy atom. The standard InChI is InChI=1S/C16H21N3O2/c20-16(14-11-21-15-4-2-1-3-13(14)15)19-7-5-18(6-8-19)12-9-17-10-12/h1-4,12,14,17H,5-11H2.